The molecule has 2 N–H and O–H groups in total. The highest BCUT2D eigenvalue weighted by Gasteiger charge is 2.48. The number of amides is 3. The van der Waals surface area contributed by atoms with Crippen LogP contribution in [-0.4, -0.2) is 59.5 Å². The van der Waals surface area contributed by atoms with Gasteiger partial charge in [-0.25, -0.2) is 18.8 Å². The van der Waals surface area contributed by atoms with Crippen molar-refractivity contribution >= 4 is 17.9 Å². The summed E-state index contributed by atoms with van der Waals surface area (Å²) in [4.78, 5) is 41.4. The minimum Gasteiger partial charge on any atom is -0.462 e. The maximum Gasteiger partial charge on any atom is 0.371 e. The molecule has 0 radical (unpaired) electrons. The van der Waals surface area contributed by atoms with Crippen LogP contribution in [0.15, 0.2) is 11.6 Å². The molecule has 2 aliphatic rings. The molecule has 3 atom stereocenters. The maximum atomic E-state index is 13.9. The Morgan fingerprint density at radius 3 is 2.79 bits per heavy atom. The molecule has 0 unspecified atom stereocenters. The molecule has 134 valence electrons. The van der Waals surface area contributed by atoms with E-state index in [2.05, 4.69) is 0 Å². The van der Waals surface area contributed by atoms with Gasteiger partial charge in [-0.15, -0.1) is 0 Å². The van der Waals surface area contributed by atoms with E-state index >= 15 is 0 Å². The van der Waals surface area contributed by atoms with E-state index in [1.54, 1.807) is 13.0 Å². The van der Waals surface area contributed by atoms with Crippen molar-refractivity contribution in [3.63, 3.8) is 0 Å². The van der Waals surface area contributed by atoms with Crippen LogP contribution in [0.1, 0.15) is 33.1 Å². The van der Waals surface area contributed by atoms with E-state index in [1.807, 2.05) is 6.92 Å². The molecule has 3 amide bonds. The summed E-state index contributed by atoms with van der Waals surface area (Å²) in [7, 11) is 0. The molecule has 1 saturated heterocycles. The molecule has 24 heavy (non-hydrogen) atoms. The largest absolute Gasteiger partial charge is 0.462 e. The van der Waals surface area contributed by atoms with Crippen LogP contribution in [0.3, 0.4) is 0 Å². The van der Waals surface area contributed by atoms with Crippen LogP contribution >= 0.6 is 0 Å². The second-order valence-electron chi connectivity index (χ2n) is 5.84. The number of hydrogen-bond donors (Lipinski definition) is 1. The second-order valence-corrected chi connectivity index (χ2v) is 5.84. The van der Waals surface area contributed by atoms with Gasteiger partial charge >= 0.3 is 18.4 Å². The van der Waals surface area contributed by atoms with Crippen molar-refractivity contribution in [2.75, 3.05) is 13.2 Å². The average Bonchev–Trinajstić information content (AvgIpc) is 2.76. The van der Waals surface area contributed by atoms with Crippen LogP contribution in [0.25, 0.3) is 0 Å². The standard InChI is InChI=1S/C15H22FN3O5/c1-3-4-5-6-23-14(21)12(16)24-19-10-7-9(2)11(13(17)20)18(8-10)15(19)22/h7,10-12H,3-6,8H2,1-2H3,(H2,17,20)/t10-,11+,12+/m1/s1. The number of alkyl halides is 1. The number of carbonyl (C=O) groups is 3. The highest BCUT2D eigenvalue weighted by atomic mass is 19.1. The summed E-state index contributed by atoms with van der Waals surface area (Å²) in [6, 6.07) is -2.18. The molecule has 0 aliphatic carbocycles. The molecule has 2 heterocycles. The summed E-state index contributed by atoms with van der Waals surface area (Å²) in [5, 5.41) is 0.754. The lowest BCUT2D eigenvalue weighted by atomic mass is 10.0. The SMILES string of the molecule is CCCCCOC(=O)[C@@H](F)ON1C(=O)N2C[C@H]1C=C(C)[C@H]2C(N)=O. The number of rotatable bonds is 8. The van der Waals surface area contributed by atoms with Crippen LogP contribution in [0.5, 0.6) is 0 Å². The fourth-order valence-corrected chi connectivity index (χ4v) is 2.83. The van der Waals surface area contributed by atoms with E-state index in [0.29, 0.717) is 12.0 Å². The zero-order valence-corrected chi connectivity index (χ0v) is 13.7. The van der Waals surface area contributed by atoms with Gasteiger partial charge in [0.2, 0.25) is 5.91 Å². The minimum atomic E-state index is -2.41. The first kappa shape index (κ1) is 18.2. The molecule has 2 aliphatic heterocycles. The van der Waals surface area contributed by atoms with Gasteiger partial charge in [0.15, 0.2) is 0 Å². The number of halogens is 1. The molecule has 2 rings (SSSR count). The van der Waals surface area contributed by atoms with Crippen LogP contribution in [0.4, 0.5) is 9.18 Å². The van der Waals surface area contributed by atoms with Crippen LogP contribution in [0.2, 0.25) is 0 Å². The second kappa shape index (κ2) is 7.61. The zero-order valence-electron chi connectivity index (χ0n) is 13.7. The number of unbranched alkanes of at least 4 members (excludes halogenated alkanes) is 2. The van der Waals surface area contributed by atoms with E-state index in [-0.39, 0.29) is 13.2 Å². The third-order valence-electron chi connectivity index (χ3n) is 3.97. The molecule has 0 aromatic rings. The van der Waals surface area contributed by atoms with Crippen molar-refractivity contribution in [1.82, 2.24) is 9.96 Å². The third-order valence-corrected chi connectivity index (χ3v) is 3.97. The summed E-state index contributed by atoms with van der Waals surface area (Å²) in [6.45, 7) is 3.88. The normalized spacial score (nSPS) is 24.0. The summed E-state index contributed by atoms with van der Waals surface area (Å²) in [5.74, 6) is -1.85. The number of carbonyl (C=O) groups excluding carboxylic acids is 3. The topological polar surface area (TPSA) is 102 Å². The first-order valence-corrected chi connectivity index (χ1v) is 7.91. The highest BCUT2D eigenvalue weighted by molar-refractivity contribution is 5.90. The van der Waals surface area contributed by atoms with Crippen molar-refractivity contribution in [3.8, 4) is 0 Å². The van der Waals surface area contributed by atoms with Gasteiger partial charge in [-0.05, 0) is 18.9 Å². The van der Waals surface area contributed by atoms with Gasteiger partial charge in [0.25, 0.3) is 0 Å². The Morgan fingerprint density at radius 2 is 2.17 bits per heavy atom. The number of primary amides is 1. The number of fused-ring (bicyclic) bond motifs is 2. The summed E-state index contributed by atoms with van der Waals surface area (Å²) < 4.78 is 18.7. The number of nitrogens with zero attached hydrogens (tertiary/aromatic N) is 2. The van der Waals surface area contributed by atoms with Crippen molar-refractivity contribution in [1.29, 1.82) is 0 Å². The van der Waals surface area contributed by atoms with E-state index in [9.17, 15) is 18.8 Å². The Hall–Kier alpha value is -2.16. The fourth-order valence-electron chi connectivity index (χ4n) is 2.83. The molecule has 9 heteroatoms. The zero-order chi connectivity index (χ0) is 17.9. The Kier molecular flexibility index (Phi) is 5.76. The van der Waals surface area contributed by atoms with Crippen LogP contribution in [-0.2, 0) is 19.2 Å². The molecule has 1 fully saturated rings. The molecular weight excluding hydrogens is 321 g/mol. The first-order valence-electron chi connectivity index (χ1n) is 7.91. The monoisotopic (exact) mass is 343 g/mol. The third kappa shape index (κ3) is 3.66. The Morgan fingerprint density at radius 1 is 1.46 bits per heavy atom. The number of nitrogens with two attached hydrogens (primary N) is 1. The van der Waals surface area contributed by atoms with Crippen molar-refractivity contribution < 1.29 is 28.3 Å². The maximum absolute atomic E-state index is 13.9. The first-order chi connectivity index (χ1) is 11.4. The minimum absolute atomic E-state index is 0.0999. The number of urea groups is 1. The summed E-state index contributed by atoms with van der Waals surface area (Å²) in [5.41, 5.74) is 5.88. The quantitative estimate of drug-likeness (QED) is 0.400. The average molecular weight is 343 g/mol. The smallest absolute Gasteiger partial charge is 0.371 e. The molecule has 0 spiro atoms. The summed E-state index contributed by atoms with van der Waals surface area (Å²) >= 11 is 0. The van der Waals surface area contributed by atoms with Crippen molar-refractivity contribution in [2.45, 2.75) is 51.6 Å². The van der Waals surface area contributed by atoms with Gasteiger partial charge in [-0.3, -0.25) is 4.79 Å². The Bertz CT molecular complexity index is 553. The van der Waals surface area contributed by atoms with Gasteiger partial charge in [0.05, 0.1) is 19.2 Å². The lowest BCUT2D eigenvalue weighted by Gasteiger charge is -2.27. The van der Waals surface area contributed by atoms with Crippen molar-refractivity contribution in [3.05, 3.63) is 11.6 Å². The predicted octanol–water partition coefficient (Wildman–Crippen LogP) is 0.867. The molecule has 0 aromatic heterocycles. The van der Waals surface area contributed by atoms with Gasteiger partial charge in [-0.1, -0.05) is 25.8 Å². The molecule has 0 aromatic carbocycles. The Labute approximate surface area is 139 Å². The highest BCUT2D eigenvalue weighted by Crippen LogP contribution is 2.29. The number of ether oxygens (including phenoxy) is 1. The van der Waals surface area contributed by atoms with Gasteiger partial charge in [0, 0.05) is 0 Å². The predicted molar refractivity (Wildman–Crippen MR) is 80.9 cm³/mol. The molecule has 8 nitrogen and oxygen atoms in total. The number of esters is 1. The molecular formula is C15H22FN3O5. The summed E-state index contributed by atoms with van der Waals surface area (Å²) in [6.07, 6.45) is 1.65. The van der Waals surface area contributed by atoms with Gasteiger partial charge in [0.1, 0.15) is 6.04 Å². The lowest BCUT2D eigenvalue weighted by molar-refractivity contribution is -0.223. The van der Waals surface area contributed by atoms with Gasteiger partial charge < -0.3 is 15.4 Å². The van der Waals surface area contributed by atoms with E-state index in [4.69, 9.17) is 15.3 Å². The lowest BCUT2D eigenvalue weighted by Crippen LogP contribution is -2.48. The van der Waals surface area contributed by atoms with Crippen LogP contribution < -0.4 is 5.73 Å². The van der Waals surface area contributed by atoms with E-state index in [0.717, 1.165) is 17.9 Å². The van der Waals surface area contributed by atoms with Gasteiger partial charge in [-0.2, -0.15) is 5.06 Å². The molecule has 2 bridgehead atoms. The van der Waals surface area contributed by atoms with Crippen LogP contribution in [0, 0.1) is 0 Å². The van der Waals surface area contributed by atoms with E-state index in [1.165, 1.54) is 4.90 Å². The molecule has 0 saturated carbocycles. The number of hydroxylamine groups is 2. The van der Waals surface area contributed by atoms with Crippen molar-refractivity contribution in [2.24, 2.45) is 5.73 Å². The number of hydrogen-bond acceptors (Lipinski definition) is 5. The Balaban J connectivity index is 1.95. The fraction of sp³-hybridized carbons (Fsp3) is 0.667. The van der Waals surface area contributed by atoms with E-state index < -0.39 is 36.3 Å².